The van der Waals surface area contributed by atoms with Gasteiger partial charge in [-0.3, -0.25) is 19.9 Å². The molecule has 0 saturated heterocycles. The van der Waals surface area contributed by atoms with Crippen LogP contribution in [0.3, 0.4) is 0 Å². The molecule has 0 radical (unpaired) electrons. The van der Waals surface area contributed by atoms with Crippen LogP contribution in [0.15, 0.2) is 131 Å². The van der Waals surface area contributed by atoms with Crippen LogP contribution in [0.5, 0.6) is 0 Å². The van der Waals surface area contributed by atoms with Crippen LogP contribution in [-0.4, -0.2) is 29.1 Å². The molecule has 46 heavy (non-hydrogen) atoms. The number of furan rings is 2. The van der Waals surface area contributed by atoms with Crippen LogP contribution < -0.4 is 0 Å². The zero-order chi connectivity index (χ0) is 29.9. The van der Waals surface area contributed by atoms with Gasteiger partial charge >= 0.3 is 0 Å². The van der Waals surface area contributed by atoms with Crippen LogP contribution >= 0.6 is 0 Å². The summed E-state index contributed by atoms with van der Waals surface area (Å²) >= 11 is 0. The molecule has 0 unspecified atom stereocenters. The van der Waals surface area contributed by atoms with E-state index in [4.69, 9.17) is 8.83 Å². The van der Waals surface area contributed by atoms with Gasteiger partial charge in [-0.2, -0.15) is 0 Å². The minimum Gasteiger partial charge on any atom is -0.456 e. The van der Waals surface area contributed by atoms with Gasteiger partial charge in [0.15, 0.2) is 0 Å². The van der Waals surface area contributed by atoms with Gasteiger partial charge in [-0.25, -0.2) is 0 Å². The Hall–Kier alpha value is -6.54. The number of benzene rings is 3. The Morgan fingerprint density at radius 3 is 1.07 bits per heavy atom. The molecular weight excluding hydrogens is 572 g/mol. The maximum atomic E-state index is 6.45. The second-order valence-corrected chi connectivity index (χ2v) is 11.7. The fraction of sp³-hybridized carbons (Fsp3) is 0. The normalized spacial score (nSPS) is 12.3. The first-order chi connectivity index (χ1) is 22.8. The molecule has 8 heteroatoms. The van der Waals surface area contributed by atoms with Crippen LogP contribution in [0.1, 0.15) is 0 Å². The van der Waals surface area contributed by atoms with Crippen molar-refractivity contribution < 1.29 is 8.83 Å². The van der Waals surface area contributed by atoms with E-state index in [-0.39, 0.29) is 0 Å². The first kappa shape index (κ1) is 23.9. The van der Waals surface area contributed by atoms with E-state index in [0.29, 0.717) is 0 Å². The summed E-state index contributed by atoms with van der Waals surface area (Å²) < 4.78 is 17.3. The second kappa shape index (κ2) is 8.55. The van der Waals surface area contributed by atoms with Crippen molar-refractivity contribution in [1.82, 2.24) is 29.1 Å². The first-order valence-electron chi connectivity index (χ1n) is 15.0. The van der Waals surface area contributed by atoms with Crippen molar-refractivity contribution in [2.75, 3.05) is 0 Å². The molecule has 0 amide bonds. The smallest absolute Gasteiger partial charge is 0.136 e. The Balaban J connectivity index is 1.13. The maximum Gasteiger partial charge on any atom is 0.136 e. The third-order valence-electron chi connectivity index (χ3n) is 9.29. The lowest BCUT2D eigenvalue weighted by atomic mass is 10.1. The van der Waals surface area contributed by atoms with Crippen LogP contribution in [-0.2, 0) is 0 Å². The van der Waals surface area contributed by atoms with Gasteiger partial charge < -0.3 is 18.0 Å². The Morgan fingerprint density at radius 2 is 0.696 bits per heavy atom. The zero-order valence-electron chi connectivity index (χ0n) is 24.0. The summed E-state index contributed by atoms with van der Waals surface area (Å²) in [5.74, 6) is 0. The summed E-state index contributed by atoms with van der Waals surface area (Å²) in [6, 6.07) is 25.0. The minimum atomic E-state index is 0.809. The number of fused-ring (bicyclic) bond motifs is 12. The molecule has 0 fully saturated rings. The van der Waals surface area contributed by atoms with E-state index in [1.807, 2.05) is 61.7 Å². The van der Waals surface area contributed by atoms with Gasteiger partial charge in [0.05, 0.1) is 46.9 Å². The Bertz CT molecular complexity index is 2740. The van der Waals surface area contributed by atoms with Crippen molar-refractivity contribution in [1.29, 1.82) is 0 Å². The number of hydrogen-bond acceptors (Lipinski definition) is 6. The fourth-order valence-electron chi connectivity index (χ4n) is 7.28. The van der Waals surface area contributed by atoms with Crippen molar-refractivity contribution in [3.63, 3.8) is 0 Å². The molecule has 0 N–H and O–H groups in total. The van der Waals surface area contributed by atoms with E-state index < -0.39 is 0 Å². The molecule has 8 aromatic heterocycles. The SMILES string of the molecule is c1cc2c3ccncc3n(-c3ccc4oc5cc6c(cc5c4c3)oc3ccc(-n4c5cnccc5c5ccncc54)cc36)c2cn1. The topological polar surface area (TPSA) is 87.7 Å². The van der Waals surface area contributed by atoms with Gasteiger partial charge in [-0.05, 0) is 72.8 Å². The molecule has 0 bridgehead atoms. The number of hydrogen-bond donors (Lipinski definition) is 0. The molecule has 3 aromatic carbocycles. The van der Waals surface area contributed by atoms with Crippen LogP contribution in [0.4, 0.5) is 0 Å². The van der Waals surface area contributed by atoms with Gasteiger partial charge in [0, 0.05) is 79.3 Å². The van der Waals surface area contributed by atoms with Crippen LogP contribution in [0.2, 0.25) is 0 Å². The van der Waals surface area contributed by atoms with Crippen LogP contribution in [0.25, 0.3) is 98.9 Å². The molecule has 11 aromatic rings. The Kier molecular flexibility index (Phi) is 4.43. The summed E-state index contributed by atoms with van der Waals surface area (Å²) in [6.07, 6.45) is 15.0. The molecule has 8 heterocycles. The molecule has 11 rings (SSSR count). The predicted molar refractivity (Wildman–Crippen MR) is 181 cm³/mol. The Morgan fingerprint density at radius 1 is 0.348 bits per heavy atom. The van der Waals surface area contributed by atoms with Crippen molar-refractivity contribution in [3.8, 4) is 11.4 Å². The highest BCUT2D eigenvalue weighted by Gasteiger charge is 2.18. The lowest BCUT2D eigenvalue weighted by molar-refractivity contribution is 0.664. The molecule has 214 valence electrons. The average Bonchev–Trinajstić information content (AvgIpc) is 3.84. The molecule has 0 aliphatic heterocycles. The summed E-state index contributed by atoms with van der Waals surface area (Å²) in [4.78, 5) is 17.7. The third kappa shape index (κ3) is 3.07. The van der Waals surface area contributed by atoms with E-state index in [9.17, 15) is 0 Å². The highest BCUT2D eigenvalue weighted by molar-refractivity contribution is 6.16. The second-order valence-electron chi connectivity index (χ2n) is 11.7. The van der Waals surface area contributed by atoms with E-state index >= 15 is 0 Å². The summed E-state index contributed by atoms with van der Waals surface area (Å²) in [6.45, 7) is 0. The standard InChI is InChI=1S/C38H20N6O2/c1-3-35-27(13-21(1)43-31-17-39-9-5-23(31)24-6-10-40-18-32(24)43)29-15-38-30(16-37(29)45-35)28-14-22(2-4-36(28)46-38)44-33-19-41-11-7-25(33)26-8-12-42-20-34(26)44/h1-20H. The van der Waals surface area contributed by atoms with Crippen molar-refractivity contribution in [2.24, 2.45) is 0 Å². The van der Waals surface area contributed by atoms with E-state index in [0.717, 1.165) is 98.9 Å². The van der Waals surface area contributed by atoms with Crippen molar-refractivity contribution in [3.05, 3.63) is 122 Å². The van der Waals surface area contributed by atoms with E-state index in [1.54, 1.807) is 0 Å². The molecule has 0 aliphatic rings. The average molecular weight is 593 g/mol. The minimum absolute atomic E-state index is 0.809. The zero-order valence-corrected chi connectivity index (χ0v) is 24.0. The maximum absolute atomic E-state index is 6.45. The van der Waals surface area contributed by atoms with Crippen LogP contribution in [0, 0.1) is 0 Å². The molecule has 0 spiro atoms. The van der Waals surface area contributed by atoms with Gasteiger partial charge in [0.25, 0.3) is 0 Å². The van der Waals surface area contributed by atoms with Gasteiger partial charge in [0.1, 0.15) is 22.3 Å². The third-order valence-corrected chi connectivity index (χ3v) is 9.29. The molecule has 0 atom stereocenters. The lowest BCUT2D eigenvalue weighted by Crippen LogP contribution is -1.94. The lowest BCUT2D eigenvalue weighted by Gasteiger charge is -2.07. The first-order valence-corrected chi connectivity index (χ1v) is 15.0. The number of rotatable bonds is 2. The predicted octanol–water partition coefficient (Wildman–Crippen LogP) is 9.26. The summed E-state index contributed by atoms with van der Waals surface area (Å²) in [5.41, 5.74) is 9.41. The summed E-state index contributed by atoms with van der Waals surface area (Å²) in [5, 5.41) is 8.60. The van der Waals surface area contributed by atoms with Gasteiger partial charge in [-0.1, -0.05) is 0 Å². The molecule has 0 saturated carbocycles. The summed E-state index contributed by atoms with van der Waals surface area (Å²) in [7, 11) is 0. The number of nitrogens with zero attached hydrogens (tertiary/aromatic N) is 6. The monoisotopic (exact) mass is 592 g/mol. The van der Waals surface area contributed by atoms with Crippen molar-refractivity contribution >= 4 is 87.5 Å². The largest absolute Gasteiger partial charge is 0.456 e. The molecular formula is C38H20N6O2. The van der Waals surface area contributed by atoms with Crippen molar-refractivity contribution in [2.45, 2.75) is 0 Å². The highest BCUT2D eigenvalue weighted by Crippen LogP contribution is 2.40. The van der Waals surface area contributed by atoms with E-state index in [1.165, 1.54) is 0 Å². The highest BCUT2D eigenvalue weighted by atomic mass is 16.3. The Labute approximate surface area is 258 Å². The fourth-order valence-corrected chi connectivity index (χ4v) is 7.28. The van der Waals surface area contributed by atoms with Gasteiger partial charge in [-0.15, -0.1) is 0 Å². The number of pyridine rings is 4. The van der Waals surface area contributed by atoms with E-state index in [2.05, 4.69) is 89.7 Å². The number of aromatic nitrogens is 6. The molecule has 8 nitrogen and oxygen atoms in total. The van der Waals surface area contributed by atoms with Gasteiger partial charge in [0.2, 0.25) is 0 Å². The quantitative estimate of drug-likeness (QED) is 0.199. The molecule has 0 aliphatic carbocycles.